The molecular formula is C17H21BrIN5O. The topological polar surface area (TPSA) is 67.4 Å². The third kappa shape index (κ3) is 4.75. The lowest BCUT2D eigenvalue weighted by Gasteiger charge is -2.11. The van der Waals surface area contributed by atoms with Crippen LogP contribution in [0.1, 0.15) is 18.5 Å². The van der Waals surface area contributed by atoms with Gasteiger partial charge in [0, 0.05) is 18.1 Å². The molecule has 134 valence electrons. The normalized spacial score (nSPS) is 11.4. The average Bonchev–Trinajstić information content (AvgIpc) is 3.21. The molecule has 0 aliphatic rings. The van der Waals surface area contributed by atoms with E-state index in [2.05, 4.69) is 49.1 Å². The molecule has 1 aromatic carbocycles. The Kier molecular flexibility index (Phi) is 7.30. The van der Waals surface area contributed by atoms with Gasteiger partial charge in [-0.2, -0.15) is 0 Å². The number of benzene rings is 1. The Bertz CT molecular complexity index is 844. The summed E-state index contributed by atoms with van der Waals surface area (Å²) < 4.78 is 8.55. The molecule has 0 radical (unpaired) electrons. The fourth-order valence-corrected chi connectivity index (χ4v) is 2.96. The van der Waals surface area contributed by atoms with Crippen molar-refractivity contribution in [1.29, 1.82) is 0 Å². The number of hydrogen-bond donors (Lipinski definition) is 2. The van der Waals surface area contributed by atoms with E-state index < -0.39 is 0 Å². The molecule has 0 saturated carbocycles. The number of guanidine groups is 1. The Morgan fingerprint density at radius 2 is 2.08 bits per heavy atom. The molecule has 3 aromatic rings. The maximum Gasteiger partial charge on any atom is 0.191 e. The summed E-state index contributed by atoms with van der Waals surface area (Å²) in [5.41, 5.74) is 2.12. The zero-order chi connectivity index (χ0) is 16.9. The summed E-state index contributed by atoms with van der Waals surface area (Å²) in [5, 5.41) is 6.52. The Balaban J connectivity index is 0.00000225. The van der Waals surface area contributed by atoms with E-state index >= 15 is 0 Å². The lowest BCUT2D eigenvalue weighted by Crippen LogP contribution is -2.36. The van der Waals surface area contributed by atoms with Crippen LogP contribution in [0.3, 0.4) is 0 Å². The highest BCUT2D eigenvalue weighted by Crippen LogP contribution is 2.20. The van der Waals surface area contributed by atoms with Crippen molar-refractivity contribution in [3.8, 4) is 0 Å². The van der Waals surface area contributed by atoms with Crippen LogP contribution in [0.25, 0.3) is 11.0 Å². The molecule has 2 heterocycles. The van der Waals surface area contributed by atoms with Gasteiger partial charge in [0.2, 0.25) is 0 Å². The van der Waals surface area contributed by atoms with Crippen molar-refractivity contribution in [1.82, 2.24) is 20.2 Å². The number of aliphatic imine (C=N–C) groups is 1. The van der Waals surface area contributed by atoms with Crippen molar-refractivity contribution < 1.29 is 4.42 Å². The van der Waals surface area contributed by atoms with E-state index in [0.29, 0.717) is 19.0 Å². The van der Waals surface area contributed by atoms with E-state index in [1.54, 1.807) is 13.3 Å². The number of aromatic nitrogens is 2. The van der Waals surface area contributed by atoms with Crippen LogP contribution in [0.5, 0.6) is 0 Å². The van der Waals surface area contributed by atoms with Crippen LogP contribution in [-0.2, 0) is 19.6 Å². The van der Waals surface area contributed by atoms with Gasteiger partial charge in [-0.25, -0.2) is 4.98 Å². The monoisotopic (exact) mass is 517 g/mol. The zero-order valence-corrected chi connectivity index (χ0v) is 18.0. The second kappa shape index (κ2) is 9.23. The molecule has 0 aliphatic carbocycles. The number of imidazole rings is 1. The SMILES string of the molecule is CCn1c(CNC(=NC)NCc2ccco2)nc2cc(Br)ccc21.I. The Labute approximate surface area is 172 Å². The molecule has 6 nitrogen and oxygen atoms in total. The van der Waals surface area contributed by atoms with E-state index in [1.807, 2.05) is 24.3 Å². The second-order valence-corrected chi connectivity index (χ2v) is 6.18. The van der Waals surface area contributed by atoms with Crippen LogP contribution in [0, 0.1) is 0 Å². The van der Waals surface area contributed by atoms with Crippen molar-refractivity contribution in [2.45, 2.75) is 26.6 Å². The second-order valence-electron chi connectivity index (χ2n) is 5.26. The number of nitrogens with one attached hydrogen (secondary N) is 2. The van der Waals surface area contributed by atoms with Gasteiger partial charge >= 0.3 is 0 Å². The molecule has 0 aliphatic heterocycles. The minimum atomic E-state index is 0. The average molecular weight is 518 g/mol. The van der Waals surface area contributed by atoms with E-state index in [4.69, 9.17) is 9.40 Å². The van der Waals surface area contributed by atoms with Gasteiger partial charge in [-0.1, -0.05) is 15.9 Å². The fraction of sp³-hybridized carbons (Fsp3) is 0.294. The molecule has 2 aromatic heterocycles. The summed E-state index contributed by atoms with van der Waals surface area (Å²) >= 11 is 3.50. The summed E-state index contributed by atoms with van der Waals surface area (Å²) in [6.07, 6.45) is 1.66. The largest absolute Gasteiger partial charge is 0.467 e. The van der Waals surface area contributed by atoms with Gasteiger partial charge < -0.3 is 19.6 Å². The van der Waals surface area contributed by atoms with Gasteiger partial charge in [0.05, 0.1) is 30.4 Å². The maximum atomic E-state index is 5.31. The molecule has 3 rings (SSSR count). The predicted octanol–water partition coefficient (Wildman–Crippen LogP) is 3.89. The third-order valence-electron chi connectivity index (χ3n) is 3.75. The number of hydrogen-bond acceptors (Lipinski definition) is 3. The zero-order valence-electron chi connectivity index (χ0n) is 14.1. The van der Waals surface area contributed by atoms with Crippen molar-refractivity contribution >= 4 is 56.9 Å². The molecule has 0 spiro atoms. The number of halogens is 2. The van der Waals surface area contributed by atoms with Crippen LogP contribution < -0.4 is 10.6 Å². The summed E-state index contributed by atoms with van der Waals surface area (Å²) in [5.74, 6) is 2.55. The quantitative estimate of drug-likeness (QED) is 0.306. The maximum absolute atomic E-state index is 5.31. The molecular weight excluding hydrogens is 497 g/mol. The molecule has 0 atom stereocenters. The van der Waals surface area contributed by atoms with Gasteiger partial charge in [0.1, 0.15) is 11.6 Å². The Morgan fingerprint density at radius 1 is 1.28 bits per heavy atom. The van der Waals surface area contributed by atoms with Gasteiger partial charge in [-0.15, -0.1) is 24.0 Å². The third-order valence-corrected chi connectivity index (χ3v) is 4.25. The minimum absolute atomic E-state index is 0. The first-order chi connectivity index (χ1) is 11.7. The molecule has 0 fully saturated rings. The summed E-state index contributed by atoms with van der Waals surface area (Å²) in [6.45, 7) is 4.17. The molecule has 0 saturated heterocycles. The molecule has 0 amide bonds. The molecule has 2 N–H and O–H groups in total. The number of rotatable bonds is 5. The highest BCUT2D eigenvalue weighted by molar-refractivity contribution is 14.0. The van der Waals surface area contributed by atoms with Gasteiger partial charge in [-0.05, 0) is 37.3 Å². The van der Waals surface area contributed by atoms with Crippen molar-refractivity contribution in [2.24, 2.45) is 4.99 Å². The van der Waals surface area contributed by atoms with Gasteiger partial charge in [0.25, 0.3) is 0 Å². The van der Waals surface area contributed by atoms with Crippen LogP contribution in [0.4, 0.5) is 0 Å². The van der Waals surface area contributed by atoms with E-state index in [0.717, 1.165) is 33.6 Å². The van der Waals surface area contributed by atoms with E-state index in [9.17, 15) is 0 Å². The smallest absolute Gasteiger partial charge is 0.191 e. The lowest BCUT2D eigenvalue weighted by molar-refractivity contribution is 0.501. The van der Waals surface area contributed by atoms with E-state index in [-0.39, 0.29) is 24.0 Å². The fourth-order valence-electron chi connectivity index (χ4n) is 2.61. The Morgan fingerprint density at radius 3 is 2.76 bits per heavy atom. The first kappa shape index (κ1) is 19.8. The number of fused-ring (bicyclic) bond motifs is 1. The summed E-state index contributed by atoms with van der Waals surface area (Å²) in [6, 6.07) is 9.96. The van der Waals surface area contributed by atoms with E-state index in [1.165, 1.54) is 0 Å². The number of nitrogens with zero attached hydrogens (tertiary/aromatic N) is 3. The highest BCUT2D eigenvalue weighted by Gasteiger charge is 2.10. The summed E-state index contributed by atoms with van der Waals surface area (Å²) in [7, 11) is 1.75. The molecule has 0 unspecified atom stereocenters. The first-order valence-electron chi connectivity index (χ1n) is 7.82. The van der Waals surface area contributed by atoms with Crippen LogP contribution in [0.15, 0.2) is 50.5 Å². The van der Waals surface area contributed by atoms with Gasteiger partial charge in [-0.3, -0.25) is 4.99 Å². The lowest BCUT2D eigenvalue weighted by atomic mass is 10.3. The highest BCUT2D eigenvalue weighted by atomic mass is 127. The van der Waals surface area contributed by atoms with Crippen molar-refractivity contribution in [3.05, 3.63) is 52.7 Å². The molecule has 0 bridgehead atoms. The number of furan rings is 1. The Hall–Kier alpha value is -1.55. The van der Waals surface area contributed by atoms with Crippen LogP contribution in [0.2, 0.25) is 0 Å². The number of aryl methyl sites for hydroxylation is 1. The van der Waals surface area contributed by atoms with Crippen LogP contribution in [-0.4, -0.2) is 22.6 Å². The standard InChI is InChI=1S/C17H20BrN5O.HI/c1-3-23-15-7-6-12(18)9-14(15)22-16(23)11-21-17(19-2)20-10-13-5-4-8-24-13;/h4-9H,3,10-11H2,1-2H3,(H2,19,20,21);1H. The predicted molar refractivity (Wildman–Crippen MR) is 114 cm³/mol. The molecule has 8 heteroatoms. The van der Waals surface area contributed by atoms with Gasteiger partial charge in [0.15, 0.2) is 5.96 Å². The van der Waals surface area contributed by atoms with Crippen LogP contribution >= 0.6 is 39.9 Å². The van der Waals surface area contributed by atoms with Crippen molar-refractivity contribution in [3.63, 3.8) is 0 Å². The molecule has 25 heavy (non-hydrogen) atoms. The first-order valence-corrected chi connectivity index (χ1v) is 8.62. The minimum Gasteiger partial charge on any atom is -0.467 e. The van der Waals surface area contributed by atoms with Crippen molar-refractivity contribution in [2.75, 3.05) is 7.05 Å². The summed E-state index contributed by atoms with van der Waals surface area (Å²) in [4.78, 5) is 8.96.